The first-order valence-corrected chi connectivity index (χ1v) is 10.6. The van der Waals surface area contributed by atoms with E-state index in [2.05, 4.69) is 5.32 Å². The SMILES string of the molecule is COc1ccc(CCNC(=O)[C@H](C)N(c2cccc([N+](=O)[O-])c2)S(C)(=O)=O)cc1. The van der Waals surface area contributed by atoms with Gasteiger partial charge in [0.2, 0.25) is 15.9 Å². The molecule has 0 saturated heterocycles. The van der Waals surface area contributed by atoms with E-state index in [1.54, 1.807) is 7.11 Å². The largest absolute Gasteiger partial charge is 0.497 e. The lowest BCUT2D eigenvalue weighted by atomic mass is 10.1. The third kappa shape index (κ3) is 5.92. The molecule has 0 aliphatic heterocycles. The highest BCUT2D eigenvalue weighted by Gasteiger charge is 2.29. The van der Waals surface area contributed by atoms with E-state index < -0.39 is 26.9 Å². The van der Waals surface area contributed by atoms with Gasteiger partial charge in [-0.2, -0.15) is 0 Å². The van der Waals surface area contributed by atoms with Crippen LogP contribution < -0.4 is 14.4 Å². The number of non-ortho nitro benzene ring substituents is 1. The zero-order valence-electron chi connectivity index (χ0n) is 16.4. The van der Waals surface area contributed by atoms with Crippen LogP contribution in [0.4, 0.5) is 11.4 Å². The van der Waals surface area contributed by atoms with Gasteiger partial charge in [-0.05, 0) is 37.1 Å². The van der Waals surface area contributed by atoms with Gasteiger partial charge in [-0.3, -0.25) is 19.2 Å². The molecule has 0 heterocycles. The topological polar surface area (TPSA) is 119 Å². The summed E-state index contributed by atoms with van der Waals surface area (Å²) in [5.74, 6) is 0.225. The zero-order valence-corrected chi connectivity index (χ0v) is 17.2. The number of amides is 1. The molecule has 0 radical (unpaired) electrons. The number of benzene rings is 2. The standard InChI is InChI=1S/C19H23N3O6S/c1-14(19(23)20-12-11-15-7-9-18(28-2)10-8-15)21(29(3,26)27)16-5-4-6-17(13-16)22(24)25/h4-10,13-14H,11-12H2,1-3H3,(H,20,23)/t14-/m0/s1. The van der Waals surface area contributed by atoms with Gasteiger partial charge in [-0.25, -0.2) is 8.42 Å². The molecule has 2 aromatic rings. The van der Waals surface area contributed by atoms with E-state index in [4.69, 9.17) is 4.74 Å². The van der Waals surface area contributed by atoms with Crippen LogP contribution in [0.5, 0.6) is 5.75 Å². The molecule has 0 aliphatic carbocycles. The van der Waals surface area contributed by atoms with Crippen LogP contribution in [0.2, 0.25) is 0 Å². The second kappa shape index (κ2) is 9.37. The molecule has 1 amide bonds. The Hall–Kier alpha value is -3.14. The first-order chi connectivity index (χ1) is 13.6. The Labute approximate surface area is 169 Å². The normalized spacial score (nSPS) is 12.1. The monoisotopic (exact) mass is 421 g/mol. The minimum absolute atomic E-state index is 0.0551. The summed E-state index contributed by atoms with van der Waals surface area (Å²) in [5, 5.41) is 13.7. The van der Waals surface area contributed by atoms with Gasteiger partial charge in [0.25, 0.3) is 5.69 Å². The minimum Gasteiger partial charge on any atom is -0.497 e. The lowest BCUT2D eigenvalue weighted by Crippen LogP contribution is -2.48. The number of carbonyl (C=O) groups is 1. The van der Waals surface area contributed by atoms with Crippen LogP contribution in [0.1, 0.15) is 12.5 Å². The van der Waals surface area contributed by atoms with Gasteiger partial charge in [0.15, 0.2) is 0 Å². The van der Waals surface area contributed by atoms with Gasteiger partial charge in [0.1, 0.15) is 11.8 Å². The highest BCUT2D eigenvalue weighted by Crippen LogP contribution is 2.25. The molecule has 1 atom stereocenters. The molecule has 156 valence electrons. The van der Waals surface area contributed by atoms with Crippen molar-refractivity contribution in [3.63, 3.8) is 0 Å². The molecule has 29 heavy (non-hydrogen) atoms. The molecule has 0 fully saturated rings. The highest BCUT2D eigenvalue weighted by molar-refractivity contribution is 7.92. The summed E-state index contributed by atoms with van der Waals surface area (Å²) in [6.45, 7) is 1.74. The summed E-state index contributed by atoms with van der Waals surface area (Å²) in [6, 6.07) is 11.5. The van der Waals surface area contributed by atoms with Crippen molar-refractivity contribution in [1.82, 2.24) is 5.32 Å². The summed E-state index contributed by atoms with van der Waals surface area (Å²) in [5.41, 5.74) is 0.778. The fraction of sp³-hybridized carbons (Fsp3) is 0.316. The first kappa shape index (κ1) is 22.2. The van der Waals surface area contributed by atoms with E-state index in [1.165, 1.54) is 25.1 Å². The molecule has 0 spiro atoms. The van der Waals surface area contributed by atoms with Crippen molar-refractivity contribution in [3.05, 3.63) is 64.2 Å². The number of hydrogen-bond donors (Lipinski definition) is 1. The van der Waals surface area contributed by atoms with E-state index in [9.17, 15) is 23.3 Å². The summed E-state index contributed by atoms with van der Waals surface area (Å²) < 4.78 is 30.5. The van der Waals surface area contributed by atoms with Crippen LogP contribution >= 0.6 is 0 Å². The fourth-order valence-corrected chi connectivity index (χ4v) is 3.99. The Balaban J connectivity index is 2.10. The molecule has 2 rings (SSSR count). The number of methoxy groups -OCH3 is 1. The lowest BCUT2D eigenvalue weighted by Gasteiger charge is -2.28. The average molecular weight is 421 g/mol. The molecule has 0 aliphatic rings. The molecule has 9 nitrogen and oxygen atoms in total. The molecule has 0 aromatic heterocycles. The Morgan fingerprint density at radius 1 is 1.24 bits per heavy atom. The summed E-state index contributed by atoms with van der Waals surface area (Å²) >= 11 is 0. The maximum atomic E-state index is 12.5. The molecule has 1 N–H and O–H groups in total. The van der Waals surface area contributed by atoms with Gasteiger partial charge in [0, 0.05) is 18.7 Å². The Bertz CT molecular complexity index is 976. The number of carbonyl (C=O) groups excluding carboxylic acids is 1. The van der Waals surface area contributed by atoms with Crippen LogP contribution in [0.15, 0.2) is 48.5 Å². The van der Waals surface area contributed by atoms with Crippen molar-refractivity contribution in [2.75, 3.05) is 24.2 Å². The van der Waals surface area contributed by atoms with Crippen molar-refractivity contribution in [1.29, 1.82) is 0 Å². The predicted molar refractivity (Wildman–Crippen MR) is 110 cm³/mol. The van der Waals surface area contributed by atoms with E-state index in [1.807, 2.05) is 24.3 Å². The number of rotatable bonds is 9. The number of ether oxygens (including phenoxy) is 1. The fourth-order valence-electron chi connectivity index (χ4n) is 2.82. The molecule has 0 unspecified atom stereocenters. The molecule has 0 saturated carbocycles. The number of nitrogens with one attached hydrogen (secondary N) is 1. The van der Waals surface area contributed by atoms with Crippen LogP contribution in [0.25, 0.3) is 0 Å². The van der Waals surface area contributed by atoms with Gasteiger partial charge in [0.05, 0.1) is 24.0 Å². The quantitative estimate of drug-likeness (QED) is 0.489. The number of nitro groups is 1. The van der Waals surface area contributed by atoms with E-state index >= 15 is 0 Å². The molecule has 2 aromatic carbocycles. The van der Waals surface area contributed by atoms with Crippen LogP contribution in [0.3, 0.4) is 0 Å². The number of anilines is 1. The molecule has 10 heteroatoms. The van der Waals surface area contributed by atoms with Crippen LogP contribution in [-0.2, 0) is 21.2 Å². The molecule has 0 bridgehead atoms. The van der Waals surface area contributed by atoms with Gasteiger partial charge in [-0.1, -0.05) is 18.2 Å². The smallest absolute Gasteiger partial charge is 0.271 e. The molecular weight excluding hydrogens is 398 g/mol. The Morgan fingerprint density at radius 3 is 2.45 bits per heavy atom. The number of nitro benzene ring substituents is 1. The number of sulfonamides is 1. The maximum absolute atomic E-state index is 12.5. The van der Waals surface area contributed by atoms with Crippen LogP contribution in [-0.4, -0.2) is 45.2 Å². The summed E-state index contributed by atoms with van der Waals surface area (Å²) in [6.07, 6.45) is 1.51. The first-order valence-electron chi connectivity index (χ1n) is 8.78. The lowest BCUT2D eigenvalue weighted by molar-refractivity contribution is -0.384. The summed E-state index contributed by atoms with van der Waals surface area (Å²) in [7, 11) is -2.28. The maximum Gasteiger partial charge on any atom is 0.271 e. The van der Waals surface area contributed by atoms with Crippen molar-refractivity contribution in [2.24, 2.45) is 0 Å². The van der Waals surface area contributed by atoms with Gasteiger partial charge >= 0.3 is 0 Å². The highest BCUT2D eigenvalue weighted by atomic mass is 32.2. The van der Waals surface area contributed by atoms with Crippen molar-refractivity contribution in [3.8, 4) is 5.75 Å². The molecular formula is C19H23N3O6S. The minimum atomic E-state index is -3.85. The van der Waals surface area contributed by atoms with Crippen LogP contribution in [0, 0.1) is 10.1 Å². The Morgan fingerprint density at radius 2 is 1.90 bits per heavy atom. The van der Waals surface area contributed by atoms with Crippen molar-refractivity contribution < 1.29 is 22.9 Å². The predicted octanol–water partition coefficient (Wildman–Crippen LogP) is 2.12. The van der Waals surface area contributed by atoms with E-state index in [0.717, 1.165) is 27.9 Å². The van der Waals surface area contributed by atoms with E-state index in [-0.39, 0.29) is 11.4 Å². The van der Waals surface area contributed by atoms with Crippen molar-refractivity contribution in [2.45, 2.75) is 19.4 Å². The average Bonchev–Trinajstić information content (AvgIpc) is 2.67. The number of nitrogens with zero attached hydrogens (tertiary/aromatic N) is 2. The van der Waals surface area contributed by atoms with Gasteiger partial charge in [-0.15, -0.1) is 0 Å². The zero-order chi connectivity index (χ0) is 21.6. The third-order valence-corrected chi connectivity index (χ3v) is 5.50. The second-order valence-corrected chi connectivity index (χ2v) is 8.26. The summed E-state index contributed by atoms with van der Waals surface area (Å²) in [4.78, 5) is 22.9. The van der Waals surface area contributed by atoms with Crippen molar-refractivity contribution >= 4 is 27.3 Å². The number of hydrogen-bond acceptors (Lipinski definition) is 6. The van der Waals surface area contributed by atoms with Gasteiger partial charge < -0.3 is 10.1 Å². The third-order valence-electron chi connectivity index (χ3n) is 4.26. The Kier molecular flexibility index (Phi) is 7.16. The van der Waals surface area contributed by atoms with E-state index in [0.29, 0.717) is 13.0 Å². The second-order valence-electron chi connectivity index (χ2n) is 6.40.